The van der Waals surface area contributed by atoms with Gasteiger partial charge in [0, 0.05) is 32.8 Å². The van der Waals surface area contributed by atoms with Gasteiger partial charge in [0.2, 0.25) is 0 Å². The maximum absolute atomic E-state index is 4.37. The lowest BCUT2D eigenvalue weighted by Gasteiger charge is -2.43. The zero-order valence-corrected chi connectivity index (χ0v) is 16.3. The maximum atomic E-state index is 4.37. The van der Waals surface area contributed by atoms with Crippen LogP contribution in [0.3, 0.4) is 0 Å². The van der Waals surface area contributed by atoms with Gasteiger partial charge in [-0.2, -0.15) is 0 Å². The molecule has 6 nitrogen and oxygen atoms in total. The van der Waals surface area contributed by atoms with E-state index in [-0.39, 0.29) is 0 Å². The van der Waals surface area contributed by atoms with E-state index < -0.39 is 0 Å². The maximum Gasteiger partial charge on any atom is 0.190 e. The van der Waals surface area contributed by atoms with Crippen molar-refractivity contribution in [2.45, 2.75) is 52.4 Å². The third-order valence-electron chi connectivity index (χ3n) is 5.36. The van der Waals surface area contributed by atoms with Crippen LogP contribution in [-0.4, -0.2) is 40.7 Å². The topological polar surface area (TPSA) is 66.6 Å². The number of rotatable bonds is 8. The van der Waals surface area contributed by atoms with E-state index in [1.54, 1.807) is 0 Å². The second kappa shape index (κ2) is 8.52. The summed E-state index contributed by atoms with van der Waals surface area (Å²) in [6, 6.07) is 5.98. The molecule has 2 aromatic heterocycles. The van der Waals surface area contributed by atoms with Crippen LogP contribution in [0.25, 0.3) is 5.65 Å². The van der Waals surface area contributed by atoms with Crippen LogP contribution in [-0.2, 0) is 6.42 Å². The summed E-state index contributed by atoms with van der Waals surface area (Å²) in [5.41, 5.74) is 1.38. The summed E-state index contributed by atoms with van der Waals surface area (Å²) in [5.74, 6) is 2.67. The van der Waals surface area contributed by atoms with Gasteiger partial charge >= 0.3 is 0 Å². The highest BCUT2D eigenvalue weighted by atomic mass is 15.2. The number of aliphatic imine (C=N–C) groups is 1. The molecule has 2 heterocycles. The van der Waals surface area contributed by atoms with Crippen molar-refractivity contribution in [3.63, 3.8) is 0 Å². The van der Waals surface area contributed by atoms with Crippen LogP contribution >= 0.6 is 0 Å². The molecule has 0 amide bonds. The van der Waals surface area contributed by atoms with Gasteiger partial charge in [0.15, 0.2) is 11.6 Å². The Morgan fingerprint density at radius 2 is 2.12 bits per heavy atom. The minimum Gasteiger partial charge on any atom is -0.356 e. The zero-order valence-electron chi connectivity index (χ0n) is 16.3. The smallest absolute Gasteiger partial charge is 0.190 e. The van der Waals surface area contributed by atoms with E-state index >= 15 is 0 Å². The lowest BCUT2D eigenvalue weighted by atomic mass is 9.64. The van der Waals surface area contributed by atoms with Crippen LogP contribution in [0.15, 0.2) is 29.4 Å². The van der Waals surface area contributed by atoms with Crippen molar-refractivity contribution in [1.29, 1.82) is 0 Å². The number of nitrogens with one attached hydrogen (secondary N) is 2. The summed E-state index contributed by atoms with van der Waals surface area (Å²) in [7, 11) is 1.84. The van der Waals surface area contributed by atoms with E-state index in [0.717, 1.165) is 49.3 Å². The van der Waals surface area contributed by atoms with E-state index in [1.165, 1.54) is 25.7 Å². The predicted octanol–water partition coefficient (Wildman–Crippen LogP) is 3.04. The third-order valence-corrected chi connectivity index (χ3v) is 5.36. The third kappa shape index (κ3) is 4.54. The zero-order chi connectivity index (χ0) is 18.4. The molecule has 0 bridgehead atoms. The molecule has 2 N–H and O–H groups in total. The summed E-state index contributed by atoms with van der Waals surface area (Å²) >= 11 is 0. The molecule has 26 heavy (non-hydrogen) atoms. The Labute approximate surface area is 156 Å². The number of fused-ring (bicyclic) bond motifs is 1. The Bertz CT molecular complexity index is 729. The molecule has 0 aliphatic heterocycles. The van der Waals surface area contributed by atoms with Crippen LogP contribution in [0, 0.1) is 11.3 Å². The standard InChI is InChI=1S/C20H32N6/c1-16(2)14-20(10-7-11-20)15-23-19(21-3)22-12-6-9-18-25-24-17-8-4-5-13-26(17)18/h4-5,8,13,16H,6-7,9-12,14-15H2,1-3H3,(H2,21,22,23). The monoisotopic (exact) mass is 356 g/mol. The molecule has 0 unspecified atom stereocenters. The highest BCUT2D eigenvalue weighted by Crippen LogP contribution is 2.45. The summed E-state index contributed by atoms with van der Waals surface area (Å²) < 4.78 is 2.05. The van der Waals surface area contributed by atoms with Gasteiger partial charge in [0.1, 0.15) is 5.82 Å². The molecule has 1 aliphatic rings. The first-order valence-electron chi connectivity index (χ1n) is 9.85. The Morgan fingerprint density at radius 1 is 1.27 bits per heavy atom. The molecule has 6 heteroatoms. The number of hydrogen-bond donors (Lipinski definition) is 2. The number of pyridine rings is 1. The first-order valence-corrected chi connectivity index (χ1v) is 9.85. The van der Waals surface area contributed by atoms with Gasteiger partial charge in [-0.3, -0.25) is 9.39 Å². The van der Waals surface area contributed by atoms with E-state index in [2.05, 4.69) is 44.1 Å². The molecule has 0 saturated heterocycles. The van der Waals surface area contributed by atoms with E-state index in [0.29, 0.717) is 5.41 Å². The van der Waals surface area contributed by atoms with Gasteiger partial charge in [0.25, 0.3) is 0 Å². The predicted molar refractivity (Wildman–Crippen MR) is 106 cm³/mol. The quantitative estimate of drug-likeness (QED) is 0.433. The highest BCUT2D eigenvalue weighted by molar-refractivity contribution is 5.79. The largest absolute Gasteiger partial charge is 0.356 e. The second-order valence-corrected chi connectivity index (χ2v) is 7.95. The summed E-state index contributed by atoms with van der Waals surface area (Å²) in [5, 5.41) is 15.5. The molecular formula is C20H32N6. The minimum absolute atomic E-state index is 0.478. The van der Waals surface area contributed by atoms with Crippen molar-refractivity contribution in [1.82, 2.24) is 25.2 Å². The molecular weight excluding hydrogens is 324 g/mol. The Morgan fingerprint density at radius 3 is 2.81 bits per heavy atom. The molecule has 0 radical (unpaired) electrons. The highest BCUT2D eigenvalue weighted by Gasteiger charge is 2.37. The van der Waals surface area contributed by atoms with Crippen molar-refractivity contribution in [2.24, 2.45) is 16.3 Å². The Kier molecular flexibility index (Phi) is 6.12. The van der Waals surface area contributed by atoms with E-state index in [9.17, 15) is 0 Å². The van der Waals surface area contributed by atoms with Crippen molar-refractivity contribution >= 4 is 11.6 Å². The van der Waals surface area contributed by atoms with Gasteiger partial charge in [-0.05, 0) is 49.1 Å². The fourth-order valence-corrected chi connectivity index (χ4v) is 4.00. The fraction of sp³-hybridized carbons (Fsp3) is 0.650. The van der Waals surface area contributed by atoms with Crippen LogP contribution in [0.4, 0.5) is 0 Å². The molecule has 3 rings (SSSR count). The molecule has 1 aliphatic carbocycles. The molecule has 0 atom stereocenters. The van der Waals surface area contributed by atoms with Crippen LogP contribution in [0.2, 0.25) is 0 Å². The lowest BCUT2D eigenvalue weighted by molar-refractivity contribution is 0.104. The Hall–Kier alpha value is -2.11. The van der Waals surface area contributed by atoms with Crippen molar-refractivity contribution in [2.75, 3.05) is 20.1 Å². The van der Waals surface area contributed by atoms with Crippen molar-refractivity contribution < 1.29 is 0 Å². The Balaban J connectivity index is 1.42. The SMILES string of the molecule is CN=C(NCCCc1nnc2ccccn12)NCC1(CC(C)C)CCC1. The van der Waals surface area contributed by atoms with E-state index in [1.807, 2.05) is 31.4 Å². The van der Waals surface area contributed by atoms with Crippen LogP contribution in [0.5, 0.6) is 0 Å². The number of guanidine groups is 1. The molecule has 2 aromatic rings. The number of aryl methyl sites for hydroxylation is 1. The van der Waals surface area contributed by atoms with Crippen molar-refractivity contribution in [3.05, 3.63) is 30.2 Å². The number of hydrogen-bond acceptors (Lipinski definition) is 3. The van der Waals surface area contributed by atoms with Crippen molar-refractivity contribution in [3.8, 4) is 0 Å². The summed E-state index contributed by atoms with van der Waals surface area (Å²) in [4.78, 5) is 4.37. The molecule has 1 fully saturated rings. The van der Waals surface area contributed by atoms with Gasteiger partial charge in [-0.25, -0.2) is 0 Å². The number of nitrogens with zero attached hydrogens (tertiary/aromatic N) is 4. The molecule has 1 saturated carbocycles. The van der Waals surface area contributed by atoms with Gasteiger partial charge < -0.3 is 10.6 Å². The minimum atomic E-state index is 0.478. The first kappa shape index (κ1) is 18.7. The molecule has 142 valence electrons. The van der Waals surface area contributed by atoms with Crippen LogP contribution < -0.4 is 10.6 Å². The van der Waals surface area contributed by atoms with E-state index in [4.69, 9.17) is 0 Å². The van der Waals surface area contributed by atoms with Crippen LogP contribution in [0.1, 0.15) is 51.8 Å². The molecule has 0 aromatic carbocycles. The number of aromatic nitrogens is 3. The lowest BCUT2D eigenvalue weighted by Crippen LogP contribution is -2.47. The average Bonchev–Trinajstić information content (AvgIpc) is 3.01. The summed E-state index contributed by atoms with van der Waals surface area (Å²) in [6.07, 6.45) is 9.26. The fourth-order valence-electron chi connectivity index (χ4n) is 4.00. The normalized spacial score (nSPS) is 16.7. The van der Waals surface area contributed by atoms with Gasteiger partial charge in [-0.1, -0.05) is 26.3 Å². The summed E-state index contributed by atoms with van der Waals surface area (Å²) in [6.45, 7) is 6.54. The van der Waals surface area contributed by atoms with Gasteiger partial charge in [0.05, 0.1) is 0 Å². The average molecular weight is 357 g/mol. The molecule has 0 spiro atoms. The second-order valence-electron chi connectivity index (χ2n) is 7.95. The van der Waals surface area contributed by atoms with Gasteiger partial charge in [-0.15, -0.1) is 10.2 Å². The first-order chi connectivity index (χ1) is 12.6.